The average molecular weight is 367 g/mol. The van der Waals surface area contributed by atoms with Gasteiger partial charge in [0.25, 0.3) is 0 Å². The number of likely N-dealkylation sites (tertiary alicyclic amines) is 1. The molecule has 1 amide bonds. The lowest BCUT2D eigenvalue weighted by Crippen LogP contribution is -2.56. The average Bonchev–Trinajstić information content (AvgIpc) is 2.66. The van der Waals surface area contributed by atoms with Crippen molar-refractivity contribution in [2.24, 2.45) is 0 Å². The Kier molecular flexibility index (Phi) is 4.74. The second kappa shape index (κ2) is 7.19. The van der Waals surface area contributed by atoms with Gasteiger partial charge in [-0.15, -0.1) is 0 Å². The fourth-order valence-electron chi connectivity index (χ4n) is 3.72. The predicted molar refractivity (Wildman–Crippen MR) is 104 cm³/mol. The lowest BCUT2D eigenvalue weighted by molar-refractivity contribution is -0.139. The first-order valence-electron chi connectivity index (χ1n) is 9.49. The Morgan fingerprint density at radius 3 is 2.85 bits per heavy atom. The van der Waals surface area contributed by atoms with Crippen LogP contribution in [0.15, 0.2) is 36.7 Å². The third kappa shape index (κ3) is 3.49. The Hall–Kier alpha value is -2.60. The van der Waals surface area contributed by atoms with Crippen molar-refractivity contribution in [2.75, 3.05) is 25.0 Å². The standard InChI is InChI=1S/C21H25N3O3/c1-3-20(25)24-12-18(13-24)27-17-9-16(10-22-11-17)14-4-6-19-15(8-14)5-7-21(26)23(19)2/h4,6,8-11,18,21,26H,3,5,7,12-13H2,1-2H3. The normalized spacial score (nSPS) is 19.4. The minimum atomic E-state index is -0.414. The molecule has 1 unspecified atom stereocenters. The highest BCUT2D eigenvalue weighted by atomic mass is 16.5. The van der Waals surface area contributed by atoms with Crippen LogP contribution < -0.4 is 9.64 Å². The minimum absolute atomic E-state index is 0.0382. The zero-order chi connectivity index (χ0) is 19.0. The van der Waals surface area contributed by atoms with E-state index in [0.29, 0.717) is 19.5 Å². The van der Waals surface area contributed by atoms with E-state index in [4.69, 9.17) is 4.74 Å². The van der Waals surface area contributed by atoms with Crippen LogP contribution in [0, 0.1) is 0 Å². The summed E-state index contributed by atoms with van der Waals surface area (Å²) >= 11 is 0. The molecule has 0 bridgehead atoms. The number of aryl methyl sites for hydroxylation is 1. The molecule has 3 heterocycles. The second-order valence-corrected chi connectivity index (χ2v) is 7.28. The molecule has 1 N–H and O–H groups in total. The number of benzene rings is 1. The molecule has 4 rings (SSSR count). The first-order chi connectivity index (χ1) is 13.0. The number of ether oxygens (including phenoxy) is 1. The molecule has 1 saturated heterocycles. The summed E-state index contributed by atoms with van der Waals surface area (Å²) in [6.45, 7) is 3.16. The highest BCUT2D eigenvalue weighted by molar-refractivity contribution is 5.76. The van der Waals surface area contributed by atoms with E-state index in [1.807, 2.05) is 36.0 Å². The van der Waals surface area contributed by atoms with Crippen molar-refractivity contribution in [1.29, 1.82) is 0 Å². The minimum Gasteiger partial charge on any atom is -0.485 e. The molecule has 27 heavy (non-hydrogen) atoms. The molecule has 1 atom stereocenters. The number of aromatic nitrogens is 1. The Labute approximate surface area is 159 Å². The Morgan fingerprint density at radius 1 is 1.26 bits per heavy atom. The molecular weight excluding hydrogens is 342 g/mol. The molecule has 2 aliphatic rings. The number of aliphatic hydroxyl groups excluding tert-OH is 1. The van der Waals surface area contributed by atoms with Crippen LogP contribution in [0.4, 0.5) is 5.69 Å². The number of hydrogen-bond acceptors (Lipinski definition) is 5. The number of aliphatic hydroxyl groups is 1. The predicted octanol–water partition coefficient (Wildman–Crippen LogP) is 2.45. The third-order valence-corrected chi connectivity index (χ3v) is 5.43. The van der Waals surface area contributed by atoms with E-state index in [9.17, 15) is 9.90 Å². The number of nitrogens with zero attached hydrogens (tertiary/aromatic N) is 3. The fraction of sp³-hybridized carbons (Fsp3) is 0.429. The summed E-state index contributed by atoms with van der Waals surface area (Å²) in [4.78, 5) is 19.7. The van der Waals surface area contributed by atoms with Gasteiger partial charge in [0, 0.05) is 30.9 Å². The summed E-state index contributed by atoms with van der Waals surface area (Å²) in [5, 5.41) is 10.0. The lowest BCUT2D eigenvalue weighted by atomic mass is 9.96. The van der Waals surface area contributed by atoms with Crippen LogP contribution in [0.1, 0.15) is 25.3 Å². The molecule has 2 aromatic rings. The van der Waals surface area contributed by atoms with E-state index in [2.05, 4.69) is 23.2 Å². The van der Waals surface area contributed by atoms with Gasteiger partial charge in [-0.25, -0.2) is 0 Å². The maximum absolute atomic E-state index is 11.6. The molecule has 1 aromatic heterocycles. The van der Waals surface area contributed by atoms with Crippen molar-refractivity contribution in [3.05, 3.63) is 42.2 Å². The van der Waals surface area contributed by atoms with Gasteiger partial charge in [0.1, 0.15) is 18.1 Å². The SMILES string of the molecule is CCC(=O)N1CC(Oc2cncc(-c3ccc4c(c3)CCC(O)N4C)c2)C1. The molecule has 0 aliphatic carbocycles. The zero-order valence-electron chi connectivity index (χ0n) is 15.8. The number of anilines is 1. The van der Waals surface area contributed by atoms with Gasteiger partial charge < -0.3 is 19.6 Å². The van der Waals surface area contributed by atoms with Crippen molar-refractivity contribution in [2.45, 2.75) is 38.5 Å². The summed E-state index contributed by atoms with van der Waals surface area (Å²) < 4.78 is 5.98. The maximum Gasteiger partial charge on any atom is 0.222 e. The number of pyridine rings is 1. The largest absolute Gasteiger partial charge is 0.485 e. The Bertz CT molecular complexity index is 848. The van der Waals surface area contributed by atoms with Crippen molar-refractivity contribution >= 4 is 11.6 Å². The topological polar surface area (TPSA) is 65.9 Å². The van der Waals surface area contributed by atoms with Gasteiger partial charge in [-0.2, -0.15) is 0 Å². The van der Waals surface area contributed by atoms with Gasteiger partial charge >= 0.3 is 0 Å². The van der Waals surface area contributed by atoms with Crippen LogP contribution in [-0.4, -0.2) is 53.4 Å². The third-order valence-electron chi connectivity index (χ3n) is 5.43. The summed E-state index contributed by atoms with van der Waals surface area (Å²) in [6.07, 6.45) is 5.32. The summed E-state index contributed by atoms with van der Waals surface area (Å²) in [5.41, 5.74) is 4.41. The molecule has 0 spiro atoms. The Balaban J connectivity index is 1.48. The molecule has 0 saturated carbocycles. The number of carbonyl (C=O) groups is 1. The van der Waals surface area contributed by atoms with Crippen LogP contribution in [0.2, 0.25) is 0 Å². The highest BCUT2D eigenvalue weighted by Crippen LogP contribution is 2.33. The van der Waals surface area contributed by atoms with Crippen LogP contribution >= 0.6 is 0 Å². The Morgan fingerprint density at radius 2 is 2.07 bits per heavy atom. The highest BCUT2D eigenvalue weighted by Gasteiger charge is 2.31. The molecule has 6 nitrogen and oxygen atoms in total. The fourth-order valence-corrected chi connectivity index (χ4v) is 3.72. The molecular formula is C21H25N3O3. The van der Waals surface area contributed by atoms with E-state index in [1.54, 1.807) is 6.20 Å². The first-order valence-corrected chi connectivity index (χ1v) is 9.49. The summed E-state index contributed by atoms with van der Waals surface area (Å²) in [7, 11) is 1.92. The van der Waals surface area contributed by atoms with Crippen molar-refractivity contribution in [1.82, 2.24) is 9.88 Å². The van der Waals surface area contributed by atoms with Crippen molar-refractivity contribution in [3.63, 3.8) is 0 Å². The van der Waals surface area contributed by atoms with Crippen LogP contribution in [0.5, 0.6) is 5.75 Å². The zero-order valence-corrected chi connectivity index (χ0v) is 15.8. The van der Waals surface area contributed by atoms with E-state index < -0.39 is 6.23 Å². The smallest absolute Gasteiger partial charge is 0.222 e. The second-order valence-electron chi connectivity index (χ2n) is 7.28. The maximum atomic E-state index is 11.6. The molecule has 6 heteroatoms. The van der Waals surface area contributed by atoms with Crippen LogP contribution in [-0.2, 0) is 11.2 Å². The van der Waals surface area contributed by atoms with Gasteiger partial charge in [-0.3, -0.25) is 9.78 Å². The monoisotopic (exact) mass is 367 g/mol. The van der Waals surface area contributed by atoms with Crippen molar-refractivity contribution < 1.29 is 14.6 Å². The van der Waals surface area contributed by atoms with Gasteiger partial charge in [0.05, 0.1) is 19.3 Å². The molecule has 1 fully saturated rings. The summed E-state index contributed by atoms with van der Waals surface area (Å²) in [5.74, 6) is 0.900. The summed E-state index contributed by atoms with van der Waals surface area (Å²) in [6, 6.07) is 8.28. The van der Waals surface area contributed by atoms with Crippen LogP contribution in [0.3, 0.4) is 0 Å². The quantitative estimate of drug-likeness (QED) is 0.899. The number of carbonyl (C=O) groups excluding carboxylic acids is 1. The number of amides is 1. The van der Waals surface area contributed by atoms with E-state index >= 15 is 0 Å². The van der Waals surface area contributed by atoms with Crippen molar-refractivity contribution in [3.8, 4) is 16.9 Å². The first kappa shape index (κ1) is 17.8. The number of rotatable bonds is 4. The molecule has 142 valence electrons. The lowest BCUT2D eigenvalue weighted by Gasteiger charge is -2.38. The number of fused-ring (bicyclic) bond motifs is 1. The molecule has 1 aromatic carbocycles. The van der Waals surface area contributed by atoms with Gasteiger partial charge in [-0.05, 0) is 42.2 Å². The van der Waals surface area contributed by atoms with Gasteiger partial charge in [0.2, 0.25) is 5.91 Å². The van der Waals surface area contributed by atoms with E-state index in [0.717, 1.165) is 35.4 Å². The molecule has 0 radical (unpaired) electrons. The van der Waals surface area contributed by atoms with Gasteiger partial charge in [-0.1, -0.05) is 13.0 Å². The number of hydrogen-bond donors (Lipinski definition) is 1. The van der Waals surface area contributed by atoms with E-state index in [1.165, 1.54) is 5.56 Å². The molecule has 2 aliphatic heterocycles. The van der Waals surface area contributed by atoms with Gasteiger partial charge in [0.15, 0.2) is 0 Å². The van der Waals surface area contributed by atoms with Crippen LogP contribution in [0.25, 0.3) is 11.1 Å². The van der Waals surface area contributed by atoms with E-state index in [-0.39, 0.29) is 12.0 Å².